The van der Waals surface area contributed by atoms with Crippen molar-refractivity contribution < 1.29 is 65.3 Å². The van der Waals surface area contributed by atoms with E-state index in [2.05, 4.69) is 59.2 Å². The third kappa shape index (κ3) is 19.7. The summed E-state index contributed by atoms with van der Waals surface area (Å²) < 4.78 is 65.8. The zero-order valence-corrected chi connectivity index (χ0v) is 46.8. The van der Waals surface area contributed by atoms with Gasteiger partial charge in [-0.05, 0) is 112 Å². The molecule has 3 atom stereocenters. The molecule has 3 unspecified atom stereocenters. The van der Waals surface area contributed by atoms with Gasteiger partial charge in [0.15, 0.2) is 6.10 Å². The smallest absolute Gasteiger partial charge is 0.493 e. The molecule has 1 aliphatic rings. The molecule has 0 spiro atoms. The van der Waals surface area contributed by atoms with Crippen LogP contribution in [-0.2, 0) is 59.4 Å². The third-order valence-electron chi connectivity index (χ3n) is 12.1. The Kier molecular flexibility index (Phi) is 27.8. The summed E-state index contributed by atoms with van der Waals surface area (Å²) in [4.78, 5) is 26.5. The Bertz CT molecular complexity index is 2170. The van der Waals surface area contributed by atoms with E-state index in [1.165, 1.54) is 12.0 Å². The van der Waals surface area contributed by atoms with E-state index in [-0.39, 0.29) is 39.0 Å². The number of epoxide rings is 1. The quantitative estimate of drug-likeness (QED) is 0.0126. The lowest BCUT2D eigenvalue weighted by Gasteiger charge is -2.38. The van der Waals surface area contributed by atoms with Crippen molar-refractivity contribution in [1.29, 1.82) is 0 Å². The lowest BCUT2D eigenvalue weighted by Crippen LogP contribution is -2.46. The van der Waals surface area contributed by atoms with E-state index in [9.17, 15) is 14.7 Å². The van der Waals surface area contributed by atoms with Crippen LogP contribution in [0.15, 0.2) is 97.1 Å². The number of carbonyl (C=O) groups is 2. The summed E-state index contributed by atoms with van der Waals surface area (Å²) >= 11 is 1.38. The molecule has 18 heteroatoms. The Morgan fingerprint density at radius 2 is 1.20 bits per heavy atom. The van der Waals surface area contributed by atoms with Gasteiger partial charge >= 0.3 is 21.0 Å². The van der Waals surface area contributed by atoms with Crippen molar-refractivity contribution in [3.63, 3.8) is 0 Å². The highest BCUT2D eigenvalue weighted by Crippen LogP contribution is 2.47. The maximum absolute atomic E-state index is 13.3. The SMILES string of the molecule is CCOCC(COc1ccc(C(c2ccccc2)(c2ccccc2)c2ccc(OCCCO)c(CC(COCC)OC(=O)NCCCSOCC)c2)cc1CC1CO1)OC(=O)NCCC[Si](OCC)(OCC)OCC. The highest BCUT2D eigenvalue weighted by molar-refractivity contribution is 7.94. The first-order chi connectivity index (χ1) is 36.7. The van der Waals surface area contributed by atoms with Crippen molar-refractivity contribution in [1.82, 2.24) is 10.6 Å². The first-order valence-electron chi connectivity index (χ1n) is 26.7. The summed E-state index contributed by atoms with van der Waals surface area (Å²) in [6.45, 7) is 16.4. The van der Waals surface area contributed by atoms with E-state index in [4.69, 9.17) is 50.6 Å². The molecule has 414 valence electrons. The minimum atomic E-state index is -2.87. The van der Waals surface area contributed by atoms with Gasteiger partial charge in [-0.1, -0.05) is 84.9 Å². The van der Waals surface area contributed by atoms with Crippen LogP contribution in [-0.4, -0.2) is 143 Å². The largest absolute Gasteiger partial charge is 0.500 e. The highest BCUT2D eigenvalue weighted by Gasteiger charge is 2.41. The molecule has 3 N–H and O–H groups in total. The maximum Gasteiger partial charge on any atom is 0.500 e. The Morgan fingerprint density at radius 1 is 0.653 bits per heavy atom. The van der Waals surface area contributed by atoms with E-state index in [1.807, 2.05) is 90.1 Å². The fraction of sp³-hybridized carbons (Fsp3) is 0.544. The van der Waals surface area contributed by atoms with Crippen LogP contribution in [0.1, 0.15) is 94.2 Å². The van der Waals surface area contributed by atoms with E-state index < -0.39 is 38.6 Å². The van der Waals surface area contributed by atoms with Gasteiger partial charge in [0.2, 0.25) is 0 Å². The number of nitrogens with one attached hydrogen (secondary N) is 2. The van der Waals surface area contributed by atoms with Gasteiger partial charge < -0.3 is 66.4 Å². The Balaban J connectivity index is 1.50. The zero-order valence-electron chi connectivity index (χ0n) is 45.0. The predicted molar refractivity (Wildman–Crippen MR) is 293 cm³/mol. The number of ether oxygens (including phenoxy) is 7. The summed E-state index contributed by atoms with van der Waals surface area (Å²) in [6.07, 6.45) is 0.147. The lowest BCUT2D eigenvalue weighted by molar-refractivity contribution is 0.00146. The molecule has 0 bridgehead atoms. The molecule has 1 fully saturated rings. The molecule has 75 heavy (non-hydrogen) atoms. The summed E-state index contributed by atoms with van der Waals surface area (Å²) in [5.74, 6) is 1.99. The van der Waals surface area contributed by atoms with Crippen molar-refractivity contribution in [2.24, 2.45) is 0 Å². The van der Waals surface area contributed by atoms with Crippen LogP contribution in [0.5, 0.6) is 11.5 Å². The number of amides is 2. The van der Waals surface area contributed by atoms with Crippen molar-refractivity contribution in [3.8, 4) is 11.5 Å². The van der Waals surface area contributed by atoms with Gasteiger partial charge in [-0.15, -0.1) is 0 Å². The lowest BCUT2D eigenvalue weighted by atomic mass is 9.64. The van der Waals surface area contributed by atoms with E-state index in [1.54, 1.807) is 0 Å². The van der Waals surface area contributed by atoms with Crippen LogP contribution >= 0.6 is 12.0 Å². The minimum Gasteiger partial charge on any atom is -0.493 e. The molecular weight excluding hydrogens is 997 g/mol. The molecule has 4 aromatic carbocycles. The van der Waals surface area contributed by atoms with Gasteiger partial charge in [0.25, 0.3) is 0 Å². The average Bonchev–Trinajstić information content (AvgIpc) is 4.25. The van der Waals surface area contributed by atoms with Gasteiger partial charge in [0.1, 0.15) is 24.2 Å². The van der Waals surface area contributed by atoms with E-state index in [0.29, 0.717) is 103 Å². The van der Waals surface area contributed by atoms with Gasteiger partial charge in [-0.2, -0.15) is 0 Å². The predicted octanol–water partition coefficient (Wildman–Crippen LogP) is 9.47. The maximum atomic E-state index is 13.3. The van der Waals surface area contributed by atoms with Crippen LogP contribution in [0.2, 0.25) is 6.04 Å². The van der Waals surface area contributed by atoms with Crippen molar-refractivity contribution in [2.75, 3.05) is 98.1 Å². The van der Waals surface area contributed by atoms with Crippen LogP contribution in [0.4, 0.5) is 9.59 Å². The fourth-order valence-electron chi connectivity index (χ4n) is 8.80. The second-order valence-corrected chi connectivity index (χ2v) is 21.2. The van der Waals surface area contributed by atoms with Crippen molar-refractivity contribution in [3.05, 3.63) is 130 Å². The highest BCUT2D eigenvalue weighted by atomic mass is 32.2. The Morgan fingerprint density at radius 3 is 1.75 bits per heavy atom. The molecule has 0 aliphatic carbocycles. The number of alkyl carbamates (subject to hydrolysis) is 2. The van der Waals surface area contributed by atoms with E-state index in [0.717, 1.165) is 45.6 Å². The van der Waals surface area contributed by atoms with Crippen molar-refractivity contribution >= 4 is 33.0 Å². The van der Waals surface area contributed by atoms with Gasteiger partial charge in [0, 0.05) is 83.8 Å². The Hall–Kier alpha value is -4.73. The topological polar surface area (TPSA) is 183 Å². The second-order valence-electron chi connectivity index (χ2n) is 17.6. The molecule has 1 saturated heterocycles. The molecule has 16 nitrogen and oxygen atoms in total. The molecule has 1 heterocycles. The summed E-state index contributed by atoms with van der Waals surface area (Å²) in [7, 11) is -2.87. The van der Waals surface area contributed by atoms with Crippen molar-refractivity contribution in [2.45, 2.75) is 103 Å². The number of benzene rings is 4. The zero-order chi connectivity index (χ0) is 53.6. The van der Waals surface area contributed by atoms with E-state index >= 15 is 0 Å². The van der Waals surface area contributed by atoms with Crippen LogP contribution in [0.25, 0.3) is 0 Å². The van der Waals surface area contributed by atoms with Crippen LogP contribution < -0.4 is 20.1 Å². The fourth-order valence-corrected chi connectivity index (χ4v) is 12.0. The summed E-state index contributed by atoms with van der Waals surface area (Å²) in [5.41, 5.74) is 4.77. The van der Waals surface area contributed by atoms with Crippen LogP contribution in [0, 0.1) is 0 Å². The molecule has 1 aliphatic heterocycles. The number of rotatable bonds is 39. The molecule has 2 amide bonds. The molecule has 5 rings (SSSR count). The Labute approximate surface area is 450 Å². The number of hydrogen-bond donors (Lipinski definition) is 3. The molecule has 0 radical (unpaired) electrons. The number of aliphatic hydroxyl groups excluding tert-OH is 1. The molecule has 0 aromatic heterocycles. The van der Waals surface area contributed by atoms with Crippen LogP contribution in [0.3, 0.4) is 0 Å². The standard InChI is InChI=1S/C57H82N2O14SSi/c1-7-63-40-51(72-55(61)58-30-19-34-74-68-9-3)39-45-37-48(26-28-53(45)65-33-21-32-60)57(46-22-15-13-16-23-46,47-24-17-14-18-25-47)49-27-29-54(44(36-49)38-50-42-66-50)67-43-52(41-64-8-2)73-56(62)59-31-20-35-75(69-10-4,70-11-5)71-12-6/h13-18,22-29,36-37,50-52,60H,7-12,19-21,30-35,38-43H2,1-6H3,(H,58,61)(H,59,62). The normalized spacial score (nSPS) is 14.2. The van der Waals surface area contributed by atoms with Gasteiger partial charge in [0.05, 0.1) is 44.6 Å². The first kappa shape index (κ1) is 61.1. The third-order valence-corrected chi connectivity index (χ3v) is 16.2. The molecule has 4 aromatic rings. The number of aliphatic hydroxyl groups is 1. The second kappa shape index (κ2) is 34.1. The molecular formula is C57H82N2O14SSi. The minimum absolute atomic E-state index is 0.0112. The number of hydrogen-bond acceptors (Lipinski definition) is 15. The first-order valence-corrected chi connectivity index (χ1v) is 29.6. The van der Waals surface area contributed by atoms with Gasteiger partial charge in [-0.25, -0.2) is 9.59 Å². The summed E-state index contributed by atoms with van der Waals surface area (Å²) in [5, 5.41) is 15.5. The molecule has 0 saturated carbocycles. The number of carbonyl (C=O) groups excluding carboxylic acids is 2. The average molecular weight is 1080 g/mol. The summed E-state index contributed by atoms with van der Waals surface area (Å²) in [6, 6.07) is 33.8. The van der Waals surface area contributed by atoms with Gasteiger partial charge in [-0.3, -0.25) is 0 Å². The monoisotopic (exact) mass is 1080 g/mol.